The average molecular weight is 276 g/mol. The maximum atomic E-state index is 5.87. The van der Waals surface area contributed by atoms with Crippen molar-refractivity contribution in [1.82, 2.24) is 4.90 Å². The number of hydrogen-bond acceptors (Lipinski definition) is 3. The first-order chi connectivity index (χ1) is 9.83. The molecule has 1 aliphatic carbocycles. The van der Waals surface area contributed by atoms with Gasteiger partial charge in [-0.15, -0.1) is 0 Å². The van der Waals surface area contributed by atoms with E-state index in [-0.39, 0.29) is 0 Å². The summed E-state index contributed by atoms with van der Waals surface area (Å²) in [6.07, 6.45) is 5.19. The van der Waals surface area contributed by atoms with Gasteiger partial charge in [-0.1, -0.05) is 25.1 Å². The Bertz CT molecular complexity index is 390. The van der Waals surface area contributed by atoms with Gasteiger partial charge in [0.2, 0.25) is 0 Å². The molecule has 20 heavy (non-hydrogen) atoms. The number of ether oxygens (including phenoxy) is 1. The third kappa shape index (κ3) is 5.14. The first kappa shape index (κ1) is 15.3. The van der Waals surface area contributed by atoms with Gasteiger partial charge in [0.05, 0.1) is 6.61 Å². The zero-order valence-corrected chi connectivity index (χ0v) is 12.7. The summed E-state index contributed by atoms with van der Waals surface area (Å²) in [5, 5.41) is 0. The molecule has 3 nitrogen and oxygen atoms in total. The summed E-state index contributed by atoms with van der Waals surface area (Å²) in [6.45, 7) is 7.23. The summed E-state index contributed by atoms with van der Waals surface area (Å²) in [6, 6.07) is 8.06. The number of para-hydroxylation sites is 1. The van der Waals surface area contributed by atoms with Crippen LogP contribution in [-0.2, 0) is 6.54 Å². The number of benzene rings is 1. The van der Waals surface area contributed by atoms with Gasteiger partial charge in [0.15, 0.2) is 0 Å². The fraction of sp³-hybridized carbons (Fsp3) is 0.647. The van der Waals surface area contributed by atoms with Gasteiger partial charge < -0.3 is 15.4 Å². The van der Waals surface area contributed by atoms with Crippen LogP contribution in [0.3, 0.4) is 0 Å². The quantitative estimate of drug-likeness (QED) is 0.668. The van der Waals surface area contributed by atoms with Gasteiger partial charge in [0, 0.05) is 25.2 Å². The Morgan fingerprint density at radius 2 is 2.05 bits per heavy atom. The molecule has 1 aliphatic rings. The van der Waals surface area contributed by atoms with Crippen LogP contribution in [-0.4, -0.2) is 31.1 Å². The third-order valence-corrected chi connectivity index (χ3v) is 3.82. The highest BCUT2D eigenvalue weighted by Gasteiger charge is 2.23. The predicted octanol–water partition coefficient (Wildman–Crippen LogP) is 3.04. The van der Waals surface area contributed by atoms with Crippen molar-refractivity contribution in [2.24, 2.45) is 11.7 Å². The first-order valence-electron chi connectivity index (χ1n) is 7.96. The van der Waals surface area contributed by atoms with E-state index in [9.17, 15) is 0 Å². The summed E-state index contributed by atoms with van der Waals surface area (Å²) in [5.74, 6) is 1.92. The van der Waals surface area contributed by atoms with Crippen LogP contribution in [0.25, 0.3) is 0 Å². The Balaban J connectivity index is 1.68. The lowest BCUT2D eigenvalue weighted by atomic mass is 10.2. The molecule has 0 heterocycles. The zero-order valence-electron chi connectivity index (χ0n) is 12.7. The lowest BCUT2D eigenvalue weighted by Gasteiger charge is -2.21. The molecule has 0 saturated heterocycles. The summed E-state index contributed by atoms with van der Waals surface area (Å²) in [5.41, 5.74) is 6.81. The molecule has 1 saturated carbocycles. The Kier molecular flexibility index (Phi) is 6.34. The number of nitrogens with two attached hydrogens (primary N) is 1. The van der Waals surface area contributed by atoms with Crippen molar-refractivity contribution in [3.8, 4) is 5.75 Å². The van der Waals surface area contributed by atoms with Crippen LogP contribution in [0, 0.1) is 5.92 Å². The Morgan fingerprint density at radius 1 is 1.25 bits per heavy atom. The topological polar surface area (TPSA) is 38.5 Å². The van der Waals surface area contributed by atoms with E-state index in [4.69, 9.17) is 10.5 Å². The van der Waals surface area contributed by atoms with Gasteiger partial charge >= 0.3 is 0 Å². The second-order valence-corrected chi connectivity index (χ2v) is 5.76. The maximum absolute atomic E-state index is 5.87. The van der Waals surface area contributed by atoms with Crippen LogP contribution < -0.4 is 10.5 Å². The molecule has 1 aromatic carbocycles. The fourth-order valence-electron chi connectivity index (χ4n) is 2.56. The van der Waals surface area contributed by atoms with Crippen molar-refractivity contribution in [2.75, 3.05) is 26.2 Å². The van der Waals surface area contributed by atoms with E-state index in [1.165, 1.54) is 32.4 Å². The van der Waals surface area contributed by atoms with E-state index in [0.29, 0.717) is 6.54 Å². The Labute approximate surface area is 123 Å². The molecule has 0 spiro atoms. The van der Waals surface area contributed by atoms with Gasteiger partial charge in [0.25, 0.3) is 0 Å². The maximum Gasteiger partial charge on any atom is 0.123 e. The van der Waals surface area contributed by atoms with Crippen LogP contribution in [0.4, 0.5) is 0 Å². The van der Waals surface area contributed by atoms with E-state index < -0.39 is 0 Å². The normalized spacial score (nSPS) is 14.8. The Hall–Kier alpha value is -1.06. The van der Waals surface area contributed by atoms with Gasteiger partial charge in [-0.05, 0) is 44.2 Å². The fourth-order valence-corrected chi connectivity index (χ4v) is 2.56. The van der Waals surface area contributed by atoms with Crippen molar-refractivity contribution in [3.63, 3.8) is 0 Å². The Morgan fingerprint density at radius 3 is 2.75 bits per heavy atom. The van der Waals surface area contributed by atoms with Crippen molar-refractivity contribution >= 4 is 0 Å². The van der Waals surface area contributed by atoms with E-state index in [1.54, 1.807) is 0 Å². The van der Waals surface area contributed by atoms with Gasteiger partial charge in [-0.25, -0.2) is 0 Å². The van der Waals surface area contributed by atoms with Crippen LogP contribution in [0.15, 0.2) is 24.3 Å². The highest BCUT2D eigenvalue weighted by molar-refractivity contribution is 5.32. The molecule has 2 N–H and O–H groups in total. The number of hydrogen-bond donors (Lipinski definition) is 1. The van der Waals surface area contributed by atoms with Gasteiger partial charge in [-0.2, -0.15) is 0 Å². The minimum atomic E-state index is 0.541. The largest absolute Gasteiger partial charge is 0.493 e. The molecule has 112 valence electrons. The van der Waals surface area contributed by atoms with Crippen molar-refractivity contribution < 1.29 is 4.74 Å². The highest BCUT2D eigenvalue weighted by atomic mass is 16.5. The molecule has 0 atom stereocenters. The van der Waals surface area contributed by atoms with E-state index >= 15 is 0 Å². The van der Waals surface area contributed by atoms with Gasteiger partial charge in [-0.3, -0.25) is 0 Å². The van der Waals surface area contributed by atoms with Crippen LogP contribution >= 0.6 is 0 Å². The molecule has 0 aromatic heterocycles. The molecule has 0 unspecified atom stereocenters. The lowest BCUT2D eigenvalue weighted by molar-refractivity contribution is 0.227. The second kappa shape index (κ2) is 8.28. The second-order valence-electron chi connectivity index (χ2n) is 5.76. The average Bonchev–Trinajstić information content (AvgIpc) is 3.28. The molecular weight excluding hydrogens is 248 g/mol. The van der Waals surface area contributed by atoms with Crippen molar-refractivity contribution in [3.05, 3.63) is 29.8 Å². The van der Waals surface area contributed by atoms with E-state index in [1.807, 2.05) is 24.3 Å². The molecule has 1 aromatic rings. The molecule has 1 fully saturated rings. The first-order valence-corrected chi connectivity index (χ1v) is 7.96. The molecular formula is C17H28N2O. The summed E-state index contributed by atoms with van der Waals surface area (Å²) < 4.78 is 5.87. The molecule has 2 rings (SSSR count). The molecule has 3 heteroatoms. The van der Waals surface area contributed by atoms with Crippen LogP contribution in [0.1, 0.15) is 38.2 Å². The number of nitrogens with zero attached hydrogens (tertiary/aromatic N) is 1. The minimum Gasteiger partial charge on any atom is -0.493 e. The van der Waals surface area contributed by atoms with Crippen molar-refractivity contribution in [1.29, 1.82) is 0 Å². The zero-order chi connectivity index (χ0) is 14.2. The minimum absolute atomic E-state index is 0.541. The lowest BCUT2D eigenvalue weighted by Crippen LogP contribution is -2.29. The highest BCUT2D eigenvalue weighted by Crippen LogP contribution is 2.29. The van der Waals surface area contributed by atoms with Crippen LogP contribution in [0.2, 0.25) is 0 Å². The molecule has 0 radical (unpaired) electrons. The third-order valence-electron chi connectivity index (χ3n) is 3.82. The molecule has 0 amide bonds. The predicted molar refractivity (Wildman–Crippen MR) is 83.9 cm³/mol. The SMILES string of the molecule is CCCN(CCCOc1ccccc1CN)CC1CC1. The molecule has 0 aliphatic heterocycles. The van der Waals surface area contributed by atoms with Gasteiger partial charge in [0.1, 0.15) is 5.75 Å². The summed E-state index contributed by atoms with van der Waals surface area (Å²) >= 11 is 0. The van der Waals surface area contributed by atoms with Crippen LogP contribution in [0.5, 0.6) is 5.75 Å². The standard InChI is InChI=1S/C17H28N2O/c1-2-10-19(14-15-8-9-15)11-5-12-20-17-7-4-3-6-16(17)13-18/h3-4,6-7,15H,2,5,8-14,18H2,1H3. The smallest absolute Gasteiger partial charge is 0.123 e. The van der Waals surface area contributed by atoms with Crippen molar-refractivity contribution in [2.45, 2.75) is 39.2 Å². The number of rotatable bonds is 10. The summed E-state index contributed by atoms with van der Waals surface area (Å²) in [4.78, 5) is 2.59. The molecule has 0 bridgehead atoms. The summed E-state index contributed by atoms with van der Waals surface area (Å²) in [7, 11) is 0. The van der Waals surface area contributed by atoms with E-state index in [2.05, 4.69) is 11.8 Å². The van der Waals surface area contributed by atoms with E-state index in [0.717, 1.165) is 36.8 Å². The monoisotopic (exact) mass is 276 g/mol.